The Bertz CT molecular complexity index is 1000. The fourth-order valence-corrected chi connectivity index (χ4v) is 4.70. The van der Waals surface area contributed by atoms with Crippen LogP contribution in [0.1, 0.15) is 25.5 Å². The van der Waals surface area contributed by atoms with E-state index in [2.05, 4.69) is 22.4 Å². The predicted molar refractivity (Wildman–Crippen MR) is 107 cm³/mol. The third-order valence-corrected chi connectivity index (χ3v) is 6.23. The lowest BCUT2D eigenvalue weighted by Crippen LogP contribution is -2.22. The van der Waals surface area contributed by atoms with Crippen molar-refractivity contribution in [2.24, 2.45) is 13.0 Å². The third kappa shape index (κ3) is 3.51. The summed E-state index contributed by atoms with van der Waals surface area (Å²) in [6.45, 7) is 5.76. The van der Waals surface area contributed by atoms with Crippen molar-refractivity contribution >= 4 is 11.8 Å². The largest absolute Gasteiger partial charge is 0.381 e. The minimum absolute atomic E-state index is 0.141. The van der Waals surface area contributed by atoms with E-state index in [0.717, 1.165) is 37.4 Å². The van der Waals surface area contributed by atoms with Crippen LogP contribution in [0.5, 0.6) is 0 Å². The molecule has 2 atom stereocenters. The van der Waals surface area contributed by atoms with Gasteiger partial charge < -0.3 is 4.74 Å². The van der Waals surface area contributed by atoms with Crippen LogP contribution in [0.15, 0.2) is 40.3 Å². The number of aromatic nitrogens is 6. The lowest BCUT2D eigenvalue weighted by molar-refractivity contribution is 0.184. The second-order valence-corrected chi connectivity index (χ2v) is 8.58. The SMILES string of the molecule is Cc1c(-n2nnnc2SC(C)CC2CCOC2)c(=O)n(-c2ccccc2)n1C. The van der Waals surface area contributed by atoms with Gasteiger partial charge in [-0.3, -0.25) is 9.48 Å². The van der Waals surface area contributed by atoms with Crippen molar-refractivity contribution in [1.29, 1.82) is 0 Å². The molecule has 0 radical (unpaired) electrons. The fraction of sp³-hybridized carbons (Fsp3) is 0.474. The maximum Gasteiger partial charge on any atom is 0.297 e. The molecule has 3 heterocycles. The van der Waals surface area contributed by atoms with Gasteiger partial charge in [-0.15, -0.1) is 5.10 Å². The van der Waals surface area contributed by atoms with E-state index in [1.165, 1.54) is 0 Å². The Labute approximate surface area is 167 Å². The summed E-state index contributed by atoms with van der Waals surface area (Å²) in [5.74, 6) is 0.584. The molecule has 2 unspecified atom stereocenters. The van der Waals surface area contributed by atoms with Gasteiger partial charge in [-0.25, -0.2) is 4.68 Å². The van der Waals surface area contributed by atoms with Crippen LogP contribution in [0, 0.1) is 12.8 Å². The summed E-state index contributed by atoms with van der Waals surface area (Å²) >= 11 is 1.60. The number of tetrazole rings is 1. The zero-order chi connectivity index (χ0) is 19.7. The Hall–Kier alpha value is -2.39. The minimum atomic E-state index is -0.141. The summed E-state index contributed by atoms with van der Waals surface area (Å²) in [4.78, 5) is 13.2. The van der Waals surface area contributed by atoms with Gasteiger partial charge in [0, 0.05) is 25.5 Å². The first-order chi connectivity index (χ1) is 13.6. The molecule has 148 valence electrons. The zero-order valence-electron chi connectivity index (χ0n) is 16.3. The molecule has 0 spiro atoms. The number of para-hydroxylation sites is 1. The molecule has 0 saturated carbocycles. The van der Waals surface area contributed by atoms with Gasteiger partial charge in [-0.1, -0.05) is 36.9 Å². The first kappa shape index (κ1) is 18.9. The van der Waals surface area contributed by atoms with Crippen LogP contribution in [0.25, 0.3) is 11.4 Å². The quantitative estimate of drug-likeness (QED) is 0.591. The van der Waals surface area contributed by atoms with Gasteiger partial charge in [0.05, 0.1) is 11.4 Å². The number of hydrogen-bond acceptors (Lipinski definition) is 6. The maximum atomic E-state index is 13.2. The number of rotatable bonds is 6. The van der Waals surface area contributed by atoms with Crippen LogP contribution in [-0.2, 0) is 11.8 Å². The van der Waals surface area contributed by atoms with Crippen LogP contribution in [0.4, 0.5) is 0 Å². The number of thioether (sulfide) groups is 1. The summed E-state index contributed by atoms with van der Waals surface area (Å²) < 4.78 is 10.5. The summed E-state index contributed by atoms with van der Waals surface area (Å²) in [5.41, 5.74) is 1.95. The van der Waals surface area contributed by atoms with E-state index in [4.69, 9.17) is 4.74 Å². The highest BCUT2D eigenvalue weighted by atomic mass is 32.2. The average Bonchev–Trinajstić information content (AvgIpc) is 3.39. The van der Waals surface area contributed by atoms with Crippen LogP contribution in [-0.4, -0.2) is 48.0 Å². The molecule has 2 aromatic heterocycles. The molecule has 9 heteroatoms. The highest BCUT2D eigenvalue weighted by Crippen LogP contribution is 2.29. The van der Waals surface area contributed by atoms with Crippen LogP contribution >= 0.6 is 11.8 Å². The summed E-state index contributed by atoms with van der Waals surface area (Å²) in [7, 11) is 1.87. The highest BCUT2D eigenvalue weighted by Gasteiger charge is 2.24. The van der Waals surface area contributed by atoms with E-state index in [1.54, 1.807) is 21.1 Å². The highest BCUT2D eigenvalue weighted by molar-refractivity contribution is 7.99. The van der Waals surface area contributed by atoms with E-state index in [1.807, 2.05) is 49.0 Å². The van der Waals surface area contributed by atoms with Crippen LogP contribution in [0.3, 0.4) is 0 Å². The van der Waals surface area contributed by atoms with E-state index in [0.29, 0.717) is 22.0 Å². The molecule has 1 aliphatic heterocycles. The van der Waals surface area contributed by atoms with Crippen LogP contribution < -0.4 is 5.56 Å². The maximum absolute atomic E-state index is 13.2. The molecule has 0 N–H and O–H groups in total. The van der Waals surface area contributed by atoms with Crippen molar-refractivity contribution < 1.29 is 4.74 Å². The molecule has 28 heavy (non-hydrogen) atoms. The second kappa shape index (κ2) is 7.92. The molecule has 0 aliphatic carbocycles. The first-order valence-corrected chi connectivity index (χ1v) is 10.3. The second-order valence-electron chi connectivity index (χ2n) is 7.18. The molecular weight excluding hydrogens is 376 g/mol. The number of benzene rings is 1. The molecule has 3 aromatic rings. The van der Waals surface area contributed by atoms with E-state index in [-0.39, 0.29) is 5.56 Å². The van der Waals surface area contributed by atoms with Gasteiger partial charge in [-0.05, 0) is 48.2 Å². The van der Waals surface area contributed by atoms with E-state index >= 15 is 0 Å². The van der Waals surface area contributed by atoms with Crippen molar-refractivity contribution in [2.75, 3.05) is 13.2 Å². The average molecular weight is 401 g/mol. The Kier molecular flexibility index (Phi) is 5.36. The lowest BCUT2D eigenvalue weighted by Gasteiger charge is -2.14. The van der Waals surface area contributed by atoms with Gasteiger partial charge in [0.2, 0.25) is 5.16 Å². The minimum Gasteiger partial charge on any atom is -0.381 e. The Morgan fingerprint density at radius 2 is 2.11 bits per heavy atom. The van der Waals surface area contributed by atoms with E-state index in [9.17, 15) is 4.79 Å². The summed E-state index contributed by atoms with van der Waals surface area (Å²) in [6, 6.07) is 9.57. The third-order valence-electron chi connectivity index (χ3n) is 5.17. The van der Waals surface area contributed by atoms with Gasteiger partial charge in [0.1, 0.15) is 0 Å². The van der Waals surface area contributed by atoms with E-state index < -0.39 is 0 Å². The number of nitrogens with zero attached hydrogens (tertiary/aromatic N) is 6. The number of ether oxygens (including phenoxy) is 1. The molecule has 8 nitrogen and oxygen atoms in total. The zero-order valence-corrected chi connectivity index (χ0v) is 17.1. The van der Waals surface area contributed by atoms with Gasteiger partial charge in [-0.2, -0.15) is 4.68 Å². The molecular formula is C19H24N6O2S. The lowest BCUT2D eigenvalue weighted by atomic mass is 10.0. The molecule has 1 aliphatic rings. The monoisotopic (exact) mass is 400 g/mol. The molecule has 1 saturated heterocycles. The Morgan fingerprint density at radius 1 is 1.32 bits per heavy atom. The molecule has 1 fully saturated rings. The molecule has 1 aromatic carbocycles. The van der Waals surface area contributed by atoms with Gasteiger partial charge in [0.25, 0.3) is 5.56 Å². The normalized spacial score (nSPS) is 17.9. The van der Waals surface area contributed by atoms with Crippen molar-refractivity contribution in [3.05, 3.63) is 46.4 Å². The van der Waals surface area contributed by atoms with Gasteiger partial charge in [0.15, 0.2) is 5.69 Å². The smallest absolute Gasteiger partial charge is 0.297 e. The topological polar surface area (TPSA) is 79.8 Å². The summed E-state index contributed by atoms with van der Waals surface area (Å²) in [6.07, 6.45) is 2.15. The van der Waals surface area contributed by atoms with Crippen molar-refractivity contribution in [1.82, 2.24) is 29.6 Å². The van der Waals surface area contributed by atoms with Crippen molar-refractivity contribution in [3.8, 4) is 11.4 Å². The van der Waals surface area contributed by atoms with Crippen LogP contribution in [0.2, 0.25) is 0 Å². The molecule has 0 amide bonds. The first-order valence-electron chi connectivity index (χ1n) is 9.43. The Morgan fingerprint density at radius 3 is 2.82 bits per heavy atom. The Balaban J connectivity index is 1.66. The van der Waals surface area contributed by atoms with Crippen molar-refractivity contribution in [3.63, 3.8) is 0 Å². The molecule has 0 bridgehead atoms. The number of hydrogen-bond donors (Lipinski definition) is 0. The van der Waals surface area contributed by atoms with Crippen molar-refractivity contribution in [2.45, 2.75) is 37.1 Å². The fourth-order valence-electron chi connectivity index (χ4n) is 3.66. The summed E-state index contributed by atoms with van der Waals surface area (Å²) in [5, 5.41) is 13.1. The predicted octanol–water partition coefficient (Wildman–Crippen LogP) is 2.37. The molecule has 4 rings (SSSR count). The standard InChI is InChI=1S/C19H24N6O2S/c1-13(11-15-9-10-27-12-15)28-19-20-21-22-24(19)17-14(2)23(3)25(18(17)26)16-7-5-4-6-8-16/h4-8,13,15H,9-12H2,1-3H3. The van der Waals surface area contributed by atoms with Gasteiger partial charge >= 0.3 is 0 Å².